The van der Waals surface area contributed by atoms with E-state index in [4.69, 9.17) is 0 Å². The minimum absolute atomic E-state index is 0.131. The van der Waals surface area contributed by atoms with Crippen molar-refractivity contribution >= 4 is 22.4 Å². The lowest BCUT2D eigenvalue weighted by atomic mass is 10.1. The average Bonchev–Trinajstić information content (AvgIpc) is 2.98. The topological polar surface area (TPSA) is 58.1 Å². The number of anilines is 1. The van der Waals surface area contributed by atoms with Gasteiger partial charge in [0.15, 0.2) is 0 Å². The van der Waals surface area contributed by atoms with Crippen molar-refractivity contribution in [3.8, 4) is 0 Å². The summed E-state index contributed by atoms with van der Waals surface area (Å²) in [5.41, 5.74) is 1.09. The first-order valence-corrected chi connectivity index (χ1v) is 8.71. The van der Waals surface area contributed by atoms with E-state index in [1.807, 2.05) is 30.3 Å². The third kappa shape index (κ3) is 4.91. The zero-order valence-electron chi connectivity index (χ0n) is 13.3. The van der Waals surface area contributed by atoms with Crippen LogP contribution in [0.15, 0.2) is 30.3 Å². The number of alkyl halides is 3. The number of hydrogen-bond donors (Lipinski definition) is 1. The first kappa shape index (κ1) is 17.7. The van der Waals surface area contributed by atoms with E-state index >= 15 is 0 Å². The van der Waals surface area contributed by atoms with E-state index in [0.29, 0.717) is 24.4 Å². The summed E-state index contributed by atoms with van der Waals surface area (Å²) in [5.74, 6) is -0.539. The van der Waals surface area contributed by atoms with E-state index in [2.05, 4.69) is 15.5 Å². The molecule has 1 amide bonds. The number of rotatable bonds is 5. The van der Waals surface area contributed by atoms with Crippen molar-refractivity contribution in [3.05, 3.63) is 40.9 Å². The molecule has 2 aromatic rings. The van der Waals surface area contributed by atoms with Crippen LogP contribution < -0.4 is 5.32 Å². The van der Waals surface area contributed by atoms with Crippen molar-refractivity contribution < 1.29 is 18.0 Å². The lowest BCUT2D eigenvalue weighted by molar-refractivity contribution is -0.163. The Hall–Kier alpha value is -2.16. The molecule has 2 heterocycles. The van der Waals surface area contributed by atoms with Crippen LogP contribution in [0.1, 0.15) is 23.4 Å². The maximum Gasteiger partial charge on any atom is 0.406 e. The van der Waals surface area contributed by atoms with Crippen LogP contribution in [0.3, 0.4) is 0 Å². The van der Waals surface area contributed by atoms with Crippen LogP contribution in [0.2, 0.25) is 0 Å². The average molecular weight is 370 g/mol. The number of amides is 1. The number of nitrogens with one attached hydrogen (secondary N) is 1. The number of halogens is 3. The summed E-state index contributed by atoms with van der Waals surface area (Å²) in [6.07, 6.45) is -2.75. The van der Waals surface area contributed by atoms with Gasteiger partial charge in [-0.1, -0.05) is 41.7 Å². The standard InChI is InChI=1S/C16H17F3N4OS/c17-16(18,19)10-23-8-4-7-12(14(23)24)20-15-22-21-13(25-15)9-11-5-2-1-3-6-11/h1-3,5-6,12H,4,7-10H2,(H,20,22). The first-order chi connectivity index (χ1) is 11.9. The molecule has 1 aromatic heterocycles. The normalized spacial score (nSPS) is 18.4. The molecular weight excluding hydrogens is 353 g/mol. The third-order valence-corrected chi connectivity index (χ3v) is 4.72. The van der Waals surface area contributed by atoms with Crippen LogP contribution in [0.4, 0.5) is 18.3 Å². The second kappa shape index (κ2) is 7.38. The molecule has 1 fully saturated rings. The van der Waals surface area contributed by atoms with Crippen molar-refractivity contribution in [3.63, 3.8) is 0 Å². The Labute approximate surface area is 146 Å². The van der Waals surface area contributed by atoms with Crippen molar-refractivity contribution in [2.75, 3.05) is 18.4 Å². The molecule has 1 saturated heterocycles. The molecule has 9 heteroatoms. The van der Waals surface area contributed by atoms with Gasteiger partial charge in [0.25, 0.3) is 0 Å². The fraction of sp³-hybridized carbons (Fsp3) is 0.438. The molecule has 1 atom stereocenters. The van der Waals surface area contributed by atoms with E-state index in [1.54, 1.807) is 0 Å². The molecule has 1 aliphatic heterocycles. The van der Waals surface area contributed by atoms with E-state index < -0.39 is 24.7 Å². The predicted octanol–water partition coefficient (Wildman–Crippen LogP) is 3.09. The molecule has 134 valence electrons. The van der Waals surface area contributed by atoms with Gasteiger partial charge in [-0.05, 0) is 18.4 Å². The molecule has 25 heavy (non-hydrogen) atoms. The fourth-order valence-electron chi connectivity index (χ4n) is 2.75. The van der Waals surface area contributed by atoms with Gasteiger partial charge in [0.2, 0.25) is 11.0 Å². The maximum atomic E-state index is 12.5. The Bertz CT molecular complexity index is 720. The second-order valence-corrected chi connectivity index (χ2v) is 6.94. The minimum atomic E-state index is -4.39. The zero-order valence-corrected chi connectivity index (χ0v) is 14.1. The molecule has 0 saturated carbocycles. The molecule has 3 rings (SSSR count). The van der Waals surface area contributed by atoms with Crippen molar-refractivity contribution in [2.24, 2.45) is 0 Å². The van der Waals surface area contributed by atoms with Gasteiger partial charge in [-0.25, -0.2) is 0 Å². The van der Waals surface area contributed by atoms with Gasteiger partial charge in [0.05, 0.1) is 0 Å². The number of carbonyl (C=O) groups is 1. The monoisotopic (exact) mass is 370 g/mol. The Morgan fingerprint density at radius 3 is 2.72 bits per heavy atom. The van der Waals surface area contributed by atoms with Crippen LogP contribution in [-0.2, 0) is 11.2 Å². The van der Waals surface area contributed by atoms with Gasteiger partial charge in [-0.15, -0.1) is 10.2 Å². The lowest BCUT2D eigenvalue weighted by Gasteiger charge is -2.32. The summed E-state index contributed by atoms with van der Waals surface area (Å²) < 4.78 is 37.6. The summed E-state index contributed by atoms with van der Waals surface area (Å²) in [4.78, 5) is 13.1. The molecule has 0 spiro atoms. The summed E-state index contributed by atoms with van der Waals surface area (Å²) in [6, 6.07) is 9.07. The predicted molar refractivity (Wildman–Crippen MR) is 88.4 cm³/mol. The van der Waals surface area contributed by atoms with Crippen LogP contribution >= 0.6 is 11.3 Å². The van der Waals surface area contributed by atoms with Gasteiger partial charge >= 0.3 is 6.18 Å². The lowest BCUT2D eigenvalue weighted by Crippen LogP contribution is -2.50. The highest BCUT2D eigenvalue weighted by Crippen LogP contribution is 2.24. The number of hydrogen-bond acceptors (Lipinski definition) is 5. The smallest absolute Gasteiger partial charge is 0.348 e. The summed E-state index contributed by atoms with van der Waals surface area (Å²) in [6.45, 7) is -1.08. The zero-order chi connectivity index (χ0) is 17.9. The summed E-state index contributed by atoms with van der Waals surface area (Å²) in [5, 5.41) is 12.3. The van der Waals surface area contributed by atoms with Gasteiger partial charge in [-0.3, -0.25) is 4.79 Å². The Morgan fingerprint density at radius 2 is 2.00 bits per heavy atom. The number of aromatic nitrogens is 2. The molecular formula is C16H17F3N4OS. The van der Waals surface area contributed by atoms with E-state index in [0.717, 1.165) is 15.5 Å². The SMILES string of the molecule is O=C1C(Nc2nnc(Cc3ccccc3)s2)CCCN1CC(F)(F)F. The highest BCUT2D eigenvalue weighted by Gasteiger charge is 2.37. The highest BCUT2D eigenvalue weighted by atomic mass is 32.1. The van der Waals surface area contributed by atoms with Crippen molar-refractivity contribution in [1.82, 2.24) is 15.1 Å². The highest BCUT2D eigenvalue weighted by molar-refractivity contribution is 7.15. The van der Waals surface area contributed by atoms with Gasteiger partial charge < -0.3 is 10.2 Å². The number of nitrogens with zero attached hydrogens (tertiary/aromatic N) is 3. The second-order valence-electron chi connectivity index (χ2n) is 5.88. The number of piperidine rings is 1. The quantitative estimate of drug-likeness (QED) is 0.879. The van der Waals surface area contributed by atoms with Gasteiger partial charge in [0, 0.05) is 13.0 Å². The van der Waals surface area contributed by atoms with Crippen LogP contribution in [0.25, 0.3) is 0 Å². The van der Waals surface area contributed by atoms with E-state index in [1.165, 1.54) is 11.3 Å². The summed E-state index contributed by atoms with van der Waals surface area (Å²) >= 11 is 1.31. The largest absolute Gasteiger partial charge is 0.406 e. The van der Waals surface area contributed by atoms with E-state index in [9.17, 15) is 18.0 Å². The van der Waals surface area contributed by atoms with Crippen LogP contribution in [-0.4, -0.2) is 46.3 Å². The molecule has 5 nitrogen and oxygen atoms in total. The Balaban J connectivity index is 1.61. The Kier molecular flexibility index (Phi) is 5.22. The fourth-order valence-corrected chi connectivity index (χ4v) is 3.58. The van der Waals surface area contributed by atoms with Crippen LogP contribution in [0.5, 0.6) is 0 Å². The minimum Gasteiger partial charge on any atom is -0.348 e. The van der Waals surface area contributed by atoms with Gasteiger partial charge in [0.1, 0.15) is 17.6 Å². The molecule has 1 aromatic carbocycles. The molecule has 0 bridgehead atoms. The third-order valence-electron chi connectivity index (χ3n) is 3.86. The maximum absolute atomic E-state index is 12.5. The van der Waals surface area contributed by atoms with Crippen LogP contribution in [0, 0.1) is 0 Å². The number of benzene rings is 1. The van der Waals surface area contributed by atoms with E-state index in [-0.39, 0.29) is 6.54 Å². The van der Waals surface area contributed by atoms with Crippen molar-refractivity contribution in [1.29, 1.82) is 0 Å². The van der Waals surface area contributed by atoms with Crippen molar-refractivity contribution in [2.45, 2.75) is 31.5 Å². The molecule has 1 unspecified atom stereocenters. The summed E-state index contributed by atoms with van der Waals surface area (Å²) in [7, 11) is 0. The molecule has 1 aliphatic rings. The molecule has 0 radical (unpaired) electrons. The first-order valence-electron chi connectivity index (χ1n) is 7.89. The number of carbonyl (C=O) groups excluding carboxylic acids is 1. The molecule has 0 aliphatic carbocycles. The Morgan fingerprint density at radius 1 is 1.24 bits per heavy atom. The van der Waals surface area contributed by atoms with Gasteiger partial charge in [-0.2, -0.15) is 13.2 Å². The molecule has 1 N–H and O–H groups in total. The number of likely N-dealkylation sites (tertiary alicyclic amines) is 1.